The monoisotopic (exact) mass is 267 g/mol. The summed E-state index contributed by atoms with van der Waals surface area (Å²) in [7, 11) is 0. The van der Waals surface area contributed by atoms with Gasteiger partial charge in [-0.1, -0.05) is 11.6 Å². The fourth-order valence-electron chi connectivity index (χ4n) is 1.89. The highest BCUT2D eigenvalue weighted by Gasteiger charge is 2.33. The van der Waals surface area contributed by atoms with Crippen LogP contribution in [0.1, 0.15) is 13.8 Å². The van der Waals surface area contributed by atoms with E-state index in [9.17, 15) is 5.11 Å². The van der Waals surface area contributed by atoms with Crippen molar-refractivity contribution in [2.75, 3.05) is 4.90 Å². The van der Waals surface area contributed by atoms with E-state index >= 15 is 0 Å². The molecule has 0 radical (unpaired) electrons. The van der Waals surface area contributed by atoms with Crippen LogP contribution >= 0.6 is 11.6 Å². The van der Waals surface area contributed by atoms with Gasteiger partial charge in [-0.2, -0.15) is 4.99 Å². The van der Waals surface area contributed by atoms with E-state index in [1.807, 2.05) is 13.8 Å². The summed E-state index contributed by atoms with van der Waals surface area (Å²) in [5.41, 5.74) is 11.5. The predicted octanol–water partition coefficient (Wildman–Crippen LogP) is 1.23. The van der Waals surface area contributed by atoms with E-state index in [2.05, 4.69) is 9.98 Å². The van der Waals surface area contributed by atoms with Gasteiger partial charge in [0.2, 0.25) is 11.9 Å². The number of phenols is 1. The first-order valence-electron chi connectivity index (χ1n) is 5.29. The van der Waals surface area contributed by atoms with E-state index in [-0.39, 0.29) is 22.7 Å². The smallest absolute Gasteiger partial charge is 0.220 e. The summed E-state index contributed by atoms with van der Waals surface area (Å²) in [4.78, 5) is 9.84. The predicted molar refractivity (Wildman–Crippen MR) is 72.9 cm³/mol. The van der Waals surface area contributed by atoms with Crippen molar-refractivity contribution in [2.24, 2.45) is 21.5 Å². The summed E-state index contributed by atoms with van der Waals surface area (Å²) >= 11 is 5.88. The molecule has 0 unspecified atom stereocenters. The summed E-state index contributed by atoms with van der Waals surface area (Å²) < 4.78 is 0. The highest BCUT2D eigenvalue weighted by Crippen LogP contribution is 2.32. The van der Waals surface area contributed by atoms with E-state index in [0.29, 0.717) is 5.69 Å². The molecule has 0 saturated heterocycles. The van der Waals surface area contributed by atoms with Crippen molar-refractivity contribution in [1.82, 2.24) is 0 Å². The first kappa shape index (κ1) is 12.5. The molecule has 18 heavy (non-hydrogen) atoms. The zero-order valence-corrected chi connectivity index (χ0v) is 10.8. The van der Waals surface area contributed by atoms with E-state index in [0.717, 1.165) is 0 Å². The van der Waals surface area contributed by atoms with Crippen molar-refractivity contribution < 1.29 is 5.11 Å². The average molecular weight is 268 g/mol. The fraction of sp³-hybridized carbons (Fsp3) is 0.273. The van der Waals surface area contributed by atoms with Gasteiger partial charge in [0.15, 0.2) is 0 Å². The lowest BCUT2D eigenvalue weighted by Gasteiger charge is -2.38. The van der Waals surface area contributed by atoms with Gasteiger partial charge in [0, 0.05) is 5.69 Å². The van der Waals surface area contributed by atoms with Gasteiger partial charge in [-0.25, -0.2) is 4.99 Å². The number of rotatable bonds is 1. The van der Waals surface area contributed by atoms with Crippen LogP contribution in [0, 0.1) is 0 Å². The van der Waals surface area contributed by atoms with Crippen LogP contribution in [0.2, 0.25) is 5.02 Å². The van der Waals surface area contributed by atoms with Crippen molar-refractivity contribution >= 4 is 29.2 Å². The van der Waals surface area contributed by atoms with Gasteiger partial charge in [-0.05, 0) is 32.0 Å². The van der Waals surface area contributed by atoms with Crippen LogP contribution in [0.5, 0.6) is 5.75 Å². The van der Waals surface area contributed by atoms with Crippen molar-refractivity contribution in [1.29, 1.82) is 0 Å². The van der Waals surface area contributed by atoms with Crippen molar-refractivity contribution in [3.63, 3.8) is 0 Å². The first-order chi connectivity index (χ1) is 8.31. The highest BCUT2D eigenvalue weighted by atomic mass is 35.5. The van der Waals surface area contributed by atoms with Crippen molar-refractivity contribution in [3.8, 4) is 5.75 Å². The zero-order chi connectivity index (χ0) is 13.5. The first-order valence-corrected chi connectivity index (χ1v) is 5.67. The van der Waals surface area contributed by atoms with Crippen LogP contribution < -0.4 is 16.4 Å². The fourth-order valence-corrected chi connectivity index (χ4v) is 2.06. The van der Waals surface area contributed by atoms with Gasteiger partial charge in [0.1, 0.15) is 11.4 Å². The van der Waals surface area contributed by atoms with E-state index in [1.54, 1.807) is 17.0 Å². The number of nitrogens with two attached hydrogens (primary N) is 2. The van der Waals surface area contributed by atoms with Crippen molar-refractivity contribution in [3.05, 3.63) is 23.2 Å². The molecule has 1 aliphatic heterocycles. The molecule has 1 aromatic carbocycles. The normalized spacial score (nSPS) is 18.3. The molecule has 0 spiro atoms. The molecule has 5 N–H and O–H groups in total. The molecule has 0 bridgehead atoms. The summed E-state index contributed by atoms with van der Waals surface area (Å²) in [6.45, 7) is 3.70. The molecule has 6 nitrogen and oxygen atoms in total. The number of halogens is 1. The standard InChI is InChI=1S/C11H14ClN5O/c1-11(2)16-9(13)15-10(14)17(11)6-3-4-8(18)7(12)5-6/h3-5,18H,1-2H3,(H4,13,14,15,16). The molecule has 1 aliphatic rings. The zero-order valence-electron chi connectivity index (χ0n) is 10.1. The summed E-state index contributed by atoms with van der Waals surface area (Å²) in [6.07, 6.45) is 0. The quantitative estimate of drug-likeness (QED) is 0.712. The Morgan fingerprint density at radius 3 is 2.56 bits per heavy atom. The highest BCUT2D eigenvalue weighted by molar-refractivity contribution is 6.32. The number of hydrogen-bond acceptors (Lipinski definition) is 6. The lowest BCUT2D eigenvalue weighted by Crippen LogP contribution is -2.54. The Bertz CT molecular complexity index is 552. The van der Waals surface area contributed by atoms with Crippen LogP contribution in [0.25, 0.3) is 0 Å². The largest absolute Gasteiger partial charge is 0.506 e. The third kappa shape index (κ3) is 2.06. The Kier molecular flexibility index (Phi) is 2.82. The Morgan fingerprint density at radius 1 is 1.33 bits per heavy atom. The minimum atomic E-state index is -0.670. The minimum absolute atomic E-state index is 0.00811. The second-order valence-corrected chi connectivity index (χ2v) is 4.81. The van der Waals surface area contributed by atoms with Crippen LogP contribution in [0.15, 0.2) is 28.2 Å². The van der Waals surface area contributed by atoms with Gasteiger partial charge in [-0.15, -0.1) is 0 Å². The van der Waals surface area contributed by atoms with Crippen LogP contribution in [-0.2, 0) is 0 Å². The van der Waals surface area contributed by atoms with E-state index in [4.69, 9.17) is 23.1 Å². The Balaban J connectivity index is 2.50. The van der Waals surface area contributed by atoms with Crippen LogP contribution in [0.4, 0.5) is 5.69 Å². The Hall–Kier alpha value is -1.95. The summed E-state index contributed by atoms with van der Waals surface area (Å²) in [6, 6.07) is 4.77. The second kappa shape index (κ2) is 4.06. The maximum Gasteiger partial charge on any atom is 0.220 e. The lowest BCUT2D eigenvalue weighted by atomic mass is 10.1. The maximum absolute atomic E-state index is 9.42. The molecule has 96 valence electrons. The third-order valence-electron chi connectivity index (χ3n) is 2.58. The number of hydrogen-bond donors (Lipinski definition) is 3. The maximum atomic E-state index is 9.42. The number of anilines is 1. The second-order valence-electron chi connectivity index (χ2n) is 4.41. The lowest BCUT2D eigenvalue weighted by molar-refractivity contribution is 0.475. The van der Waals surface area contributed by atoms with Crippen molar-refractivity contribution in [2.45, 2.75) is 19.5 Å². The minimum Gasteiger partial charge on any atom is -0.506 e. The number of guanidine groups is 2. The molecule has 7 heteroatoms. The molecule has 0 atom stereocenters. The number of aliphatic imine (C=N–C) groups is 2. The molecule has 0 fully saturated rings. The Morgan fingerprint density at radius 2 is 2.00 bits per heavy atom. The Labute approximate surface area is 110 Å². The topological polar surface area (TPSA) is 100 Å². The van der Waals surface area contributed by atoms with Gasteiger partial charge in [0.05, 0.1) is 5.02 Å². The molecule has 2 rings (SSSR count). The van der Waals surface area contributed by atoms with Crippen LogP contribution in [-0.4, -0.2) is 22.7 Å². The number of benzene rings is 1. The number of phenolic OH excluding ortho intramolecular Hbond substituents is 1. The van der Waals surface area contributed by atoms with E-state index in [1.165, 1.54) is 6.07 Å². The molecular formula is C11H14ClN5O. The van der Waals surface area contributed by atoms with Crippen LogP contribution in [0.3, 0.4) is 0 Å². The average Bonchev–Trinajstić information content (AvgIpc) is 2.20. The van der Waals surface area contributed by atoms with Gasteiger partial charge < -0.3 is 16.6 Å². The number of aromatic hydroxyl groups is 1. The van der Waals surface area contributed by atoms with E-state index < -0.39 is 5.66 Å². The third-order valence-corrected chi connectivity index (χ3v) is 2.89. The van der Waals surface area contributed by atoms with Gasteiger partial charge in [-0.3, -0.25) is 4.90 Å². The molecular weight excluding hydrogens is 254 g/mol. The molecule has 0 aromatic heterocycles. The molecule has 0 saturated carbocycles. The molecule has 1 heterocycles. The van der Waals surface area contributed by atoms with Gasteiger partial charge in [0.25, 0.3) is 0 Å². The summed E-state index contributed by atoms with van der Waals surface area (Å²) in [5, 5.41) is 9.66. The SMILES string of the molecule is CC1(C)N=C(N)N=C(N)N1c1ccc(O)c(Cl)c1. The number of nitrogens with zero attached hydrogens (tertiary/aromatic N) is 3. The molecule has 0 aliphatic carbocycles. The summed E-state index contributed by atoms with van der Waals surface area (Å²) in [5.74, 6) is 0.377. The van der Waals surface area contributed by atoms with Gasteiger partial charge >= 0.3 is 0 Å². The molecule has 0 amide bonds. The molecule has 1 aromatic rings.